The SMILES string of the molecule is CC(C)OCC(O)COc1ccc(C=O)cc1F. The number of rotatable bonds is 7. The second kappa shape index (κ2) is 7.08. The summed E-state index contributed by atoms with van der Waals surface area (Å²) < 4.78 is 23.7. The highest BCUT2D eigenvalue weighted by atomic mass is 19.1. The molecule has 0 heterocycles. The molecule has 18 heavy (non-hydrogen) atoms. The zero-order chi connectivity index (χ0) is 13.5. The minimum absolute atomic E-state index is 0.00389. The summed E-state index contributed by atoms with van der Waals surface area (Å²) >= 11 is 0. The molecule has 0 aromatic heterocycles. The van der Waals surface area contributed by atoms with Crippen molar-refractivity contribution in [2.75, 3.05) is 13.2 Å². The van der Waals surface area contributed by atoms with Crippen LogP contribution in [0.1, 0.15) is 24.2 Å². The van der Waals surface area contributed by atoms with Crippen LogP contribution < -0.4 is 4.74 Å². The highest BCUT2D eigenvalue weighted by Crippen LogP contribution is 2.17. The molecule has 1 N–H and O–H groups in total. The van der Waals surface area contributed by atoms with Gasteiger partial charge < -0.3 is 14.6 Å². The Labute approximate surface area is 105 Å². The molecule has 0 radical (unpaired) electrons. The zero-order valence-electron chi connectivity index (χ0n) is 10.4. The molecule has 4 nitrogen and oxygen atoms in total. The van der Waals surface area contributed by atoms with Gasteiger partial charge in [-0.25, -0.2) is 4.39 Å². The maximum Gasteiger partial charge on any atom is 0.165 e. The van der Waals surface area contributed by atoms with Crippen LogP contribution in [0.15, 0.2) is 18.2 Å². The van der Waals surface area contributed by atoms with Crippen molar-refractivity contribution in [2.45, 2.75) is 26.1 Å². The normalized spacial score (nSPS) is 12.5. The van der Waals surface area contributed by atoms with Crippen molar-refractivity contribution >= 4 is 6.29 Å². The predicted molar refractivity (Wildman–Crippen MR) is 64.4 cm³/mol. The number of carbonyl (C=O) groups excluding carboxylic acids is 1. The predicted octanol–water partition coefficient (Wildman–Crippen LogP) is 1.80. The third-order valence-electron chi connectivity index (χ3n) is 2.15. The Balaban J connectivity index is 2.45. The van der Waals surface area contributed by atoms with E-state index >= 15 is 0 Å². The molecule has 1 aromatic rings. The molecule has 1 atom stereocenters. The zero-order valence-corrected chi connectivity index (χ0v) is 10.4. The van der Waals surface area contributed by atoms with E-state index in [2.05, 4.69) is 0 Å². The maximum atomic E-state index is 13.4. The number of hydrogen-bond acceptors (Lipinski definition) is 4. The van der Waals surface area contributed by atoms with Crippen LogP contribution >= 0.6 is 0 Å². The first-order valence-corrected chi connectivity index (χ1v) is 5.70. The van der Waals surface area contributed by atoms with Crippen molar-refractivity contribution in [1.82, 2.24) is 0 Å². The molecule has 1 unspecified atom stereocenters. The van der Waals surface area contributed by atoms with Crippen molar-refractivity contribution in [3.8, 4) is 5.75 Å². The molecular weight excluding hydrogens is 239 g/mol. The van der Waals surface area contributed by atoms with E-state index in [0.29, 0.717) is 6.29 Å². The summed E-state index contributed by atoms with van der Waals surface area (Å²) in [6.45, 7) is 3.77. The van der Waals surface area contributed by atoms with Crippen molar-refractivity contribution in [1.29, 1.82) is 0 Å². The van der Waals surface area contributed by atoms with Gasteiger partial charge >= 0.3 is 0 Å². The molecule has 100 valence electrons. The Hall–Kier alpha value is -1.46. The summed E-state index contributed by atoms with van der Waals surface area (Å²) in [5.74, 6) is -0.624. The monoisotopic (exact) mass is 256 g/mol. The molecule has 0 bridgehead atoms. The first kappa shape index (κ1) is 14.6. The Morgan fingerprint density at radius 3 is 2.67 bits per heavy atom. The molecule has 0 saturated heterocycles. The Morgan fingerprint density at radius 2 is 2.11 bits per heavy atom. The number of benzene rings is 1. The lowest BCUT2D eigenvalue weighted by molar-refractivity contribution is -0.0127. The smallest absolute Gasteiger partial charge is 0.165 e. The van der Waals surface area contributed by atoms with Gasteiger partial charge in [0.15, 0.2) is 11.6 Å². The van der Waals surface area contributed by atoms with Crippen LogP contribution in [0, 0.1) is 5.82 Å². The summed E-state index contributed by atoms with van der Waals surface area (Å²) in [7, 11) is 0. The van der Waals surface area contributed by atoms with Gasteiger partial charge in [-0.2, -0.15) is 0 Å². The summed E-state index contributed by atoms with van der Waals surface area (Å²) in [4.78, 5) is 10.4. The van der Waals surface area contributed by atoms with Crippen LogP contribution in [0.5, 0.6) is 5.75 Å². The summed E-state index contributed by atoms with van der Waals surface area (Å²) in [6.07, 6.45) is -0.251. The average molecular weight is 256 g/mol. The molecular formula is C13H17FO4. The first-order valence-electron chi connectivity index (χ1n) is 5.70. The van der Waals surface area contributed by atoms with Crippen LogP contribution in [0.4, 0.5) is 4.39 Å². The van der Waals surface area contributed by atoms with Crippen LogP contribution in [0.2, 0.25) is 0 Å². The Morgan fingerprint density at radius 1 is 1.39 bits per heavy atom. The minimum Gasteiger partial charge on any atom is -0.488 e. The lowest BCUT2D eigenvalue weighted by atomic mass is 10.2. The first-order chi connectivity index (χ1) is 8.52. The van der Waals surface area contributed by atoms with Crippen molar-refractivity contribution in [3.05, 3.63) is 29.6 Å². The van der Waals surface area contributed by atoms with Gasteiger partial charge in [-0.05, 0) is 32.0 Å². The van der Waals surface area contributed by atoms with Crippen LogP contribution in [-0.2, 0) is 4.74 Å². The number of ether oxygens (including phenoxy) is 2. The van der Waals surface area contributed by atoms with Crippen molar-refractivity contribution in [2.24, 2.45) is 0 Å². The van der Waals surface area contributed by atoms with Crippen LogP contribution in [0.3, 0.4) is 0 Å². The van der Waals surface area contributed by atoms with Gasteiger partial charge in [0.25, 0.3) is 0 Å². The van der Waals surface area contributed by atoms with E-state index in [4.69, 9.17) is 9.47 Å². The van der Waals surface area contributed by atoms with E-state index in [-0.39, 0.29) is 30.6 Å². The maximum absolute atomic E-state index is 13.4. The van der Waals surface area contributed by atoms with Gasteiger partial charge in [-0.3, -0.25) is 4.79 Å². The van der Waals surface area contributed by atoms with Gasteiger partial charge in [0.2, 0.25) is 0 Å². The molecule has 0 amide bonds. The van der Waals surface area contributed by atoms with Crippen molar-refractivity contribution < 1.29 is 23.8 Å². The summed E-state index contributed by atoms with van der Waals surface area (Å²) in [5.41, 5.74) is 0.239. The van der Waals surface area contributed by atoms with E-state index in [0.717, 1.165) is 6.07 Å². The van der Waals surface area contributed by atoms with E-state index in [1.54, 1.807) is 0 Å². The summed E-state index contributed by atoms with van der Waals surface area (Å²) in [6, 6.07) is 3.89. The van der Waals surface area contributed by atoms with Crippen molar-refractivity contribution in [3.63, 3.8) is 0 Å². The second-order valence-corrected chi connectivity index (χ2v) is 4.15. The molecule has 0 fully saturated rings. The van der Waals surface area contributed by atoms with Crippen LogP contribution in [0.25, 0.3) is 0 Å². The number of carbonyl (C=O) groups is 1. The standard InChI is InChI=1S/C13H17FO4/c1-9(2)17-7-11(16)8-18-13-4-3-10(6-15)5-12(13)14/h3-6,9,11,16H,7-8H2,1-2H3. The Bertz CT molecular complexity index is 393. The highest BCUT2D eigenvalue weighted by molar-refractivity contribution is 5.74. The van der Waals surface area contributed by atoms with Gasteiger partial charge in [-0.15, -0.1) is 0 Å². The average Bonchev–Trinajstić information content (AvgIpc) is 2.34. The molecule has 0 aliphatic heterocycles. The lowest BCUT2D eigenvalue weighted by Crippen LogP contribution is -2.25. The molecule has 0 aliphatic rings. The molecule has 5 heteroatoms. The van der Waals surface area contributed by atoms with E-state index < -0.39 is 11.9 Å². The quantitative estimate of drug-likeness (QED) is 0.756. The fraction of sp³-hybridized carbons (Fsp3) is 0.462. The number of halogens is 1. The van der Waals surface area contributed by atoms with E-state index in [1.807, 2.05) is 13.8 Å². The number of hydrogen-bond donors (Lipinski definition) is 1. The van der Waals surface area contributed by atoms with Gasteiger partial charge in [0.05, 0.1) is 12.7 Å². The largest absolute Gasteiger partial charge is 0.488 e. The molecule has 1 aromatic carbocycles. The molecule has 0 spiro atoms. The third-order valence-corrected chi connectivity index (χ3v) is 2.15. The van der Waals surface area contributed by atoms with Gasteiger partial charge in [-0.1, -0.05) is 0 Å². The second-order valence-electron chi connectivity index (χ2n) is 4.15. The number of aldehydes is 1. The highest BCUT2D eigenvalue weighted by Gasteiger charge is 2.09. The number of aliphatic hydroxyl groups excluding tert-OH is 1. The van der Waals surface area contributed by atoms with Gasteiger partial charge in [0.1, 0.15) is 19.0 Å². The van der Waals surface area contributed by atoms with Crippen LogP contribution in [-0.4, -0.2) is 36.8 Å². The third kappa shape index (κ3) is 4.81. The molecule has 0 saturated carbocycles. The van der Waals surface area contributed by atoms with Gasteiger partial charge in [0, 0.05) is 5.56 Å². The molecule has 0 aliphatic carbocycles. The lowest BCUT2D eigenvalue weighted by Gasteiger charge is -2.14. The van der Waals surface area contributed by atoms with E-state index in [1.165, 1.54) is 12.1 Å². The summed E-state index contributed by atoms with van der Waals surface area (Å²) in [5, 5.41) is 9.52. The number of aliphatic hydroxyl groups is 1. The fourth-order valence-electron chi connectivity index (χ4n) is 1.25. The fourth-order valence-corrected chi connectivity index (χ4v) is 1.25. The topological polar surface area (TPSA) is 55.8 Å². The van der Waals surface area contributed by atoms with E-state index in [9.17, 15) is 14.3 Å². The molecule has 1 rings (SSSR count). The Kier molecular flexibility index (Phi) is 5.74. The minimum atomic E-state index is -0.822.